The molecule has 0 saturated heterocycles. The summed E-state index contributed by atoms with van der Waals surface area (Å²) in [5.41, 5.74) is -0.216. The predicted octanol–water partition coefficient (Wildman–Crippen LogP) is 5.07. The van der Waals surface area contributed by atoms with Gasteiger partial charge >= 0.3 is 6.18 Å². The first-order valence-corrected chi connectivity index (χ1v) is 12.3. The van der Waals surface area contributed by atoms with E-state index in [0.29, 0.717) is 30.4 Å². The Bertz CT molecular complexity index is 1140. The molecule has 0 aliphatic carbocycles. The van der Waals surface area contributed by atoms with E-state index in [-0.39, 0.29) is 18.5 Å². The highest BCUT2D eigenvalue weighted by molar-refractivity contribution is 7.92. The third-order valence-corrected chi connectivity index (χ3v) is 5.31. The van der Waals surface area contributed by atoms with Crippen LogP contribution in [0.25, 0.3) is 6.08 Å². The van der Waals surface area contributed by atoms with Gasteiger partial charge in [-0.3, -0.25) is 9.52 Å². The molecule has 0 unspecified atom stereocenters. The Morgan fingerprint density at radius 3 is 2.26 bits per heavy atom. The van der Waals surface area contributed by atoms with Gasteiger partial charge in [-0.25, -0.2) is 17.2 Å². The summed E-state index contributed by atoms with van der Waals surface area (Å²) < 4.78 is 90.9. The number of benzene rings is 2. The number of carbonyl (C=O) groups is 1. The van der Waals surface area contributed by atoms with Crippen molar-refractivity contribution in [3.63, 3.8) is 0 Å². The van der Waals surface area contributed by atoms with Crippen molar-refractivity contribution in [2.24, 2.45) is 0 Å². The highest BCUT2D eigenvalue weighted by atomic mass is 32.2. The maximum absolute atomic E-state index is 14.0. The normalized spacial score (nSPS) is 12.2. The molecule has 2 aromatic rings. The first kappa shape index (κ1) is 27.3. The Labute approximate surface area is 195 Å². The van der Waals surface area contributed by atoms with Gasteiger partial charge in [0.2, 0.25) is 15.9 Å². The molecule has 34 heavy (non-hydrogen) atoms. The third-order valence-electron chi connectivity index (χ3n) is 4.73. The Morgan fingerprint density at radius 1 is 1.06 bits per heavy atom. The number of alkyl halides is 3. The van der Waals surface area contributed by atoms with Gasteiger partial charge in [0, 0.05) is 12.6 Å². The van der Waals surface area contributed by atoms with Crippen LogP contribution in [0.5, 0.6) is 0 Å². The van der Waals surface area contributed by atoms with Gasteiger partial charge in [0.1, 0.15) is 5.69 Å². The van der Waals surface area contributed by atoms with Crippen LogP contribution in [0.3, 0.4) is 0 Å². The molecule has 0 atom stereocenters. The number of anilines is 1. The summed E-state index contributed by atoms with van der Waals surface area (Å²) >= 11 is 0. The smallest absolute Gasteiger partial charge is 0.353 e. The zero-order valence-electron chi connectivity index (χ0n) is 18.6. The summed E-state index contributed by atoms with van der Waals surface area (Å²) in [6, 6.07) is 5.39. The number of hydrogen-bond donors (Lipinski definition) is 2. The molecule has 0 aromatic heterocycles. The molecule has 0 aliphatic rings. The summed E-state index contributed by atoms with van der Waals surface area (Å²) in [5, 5.41) is 2.60. The first-order valence-electron chi connectivity index (χ1n) is 10.4. The molecule has 0 radical (unpaired) electrons. The van der Waals surface area contributed by atoms with E-state index in [1.165, 1.54) is 18.2 Å². The van der Waals surface area contributed by atoms with E-state index in [1.54, 1.807) is 4.72 Å². The summed E-state index contributed by atoms with van der Waals surface area (Å²) in [4.78, 5) is 12.0. The van der Waals surface area contributed by atoms with E-state index in [9.17, 15) is 35.2 Å². The van der Waals surface area contributed by atoms with Gasteiger partial charge < -0.3 is 5.32 Å². The van der Waals surface area contributed by atoms with Crippen LogP contribution in [0, 0.1) is 11.6 Å². The SMILES string of the molecule is CCCc1cc(C(F)(F)F)ccc1C=CC(=O)NCCCc1cc(F)c(NS(C)(=O)=O)c(F)c1. The molecule has 5 nitrogen and oxygen atoms in total. The monoisotopic (exact) mass is 504 g/mol. The van der Waals surface area contributed by atoms with Crippen molar-refractivity contribution in [2.75, 3.05) is 17.5 Å². The molecule has 0 fully saturated rings. The second kappa shape index (κ2) is 11.5. The Kier molecular flexibility index (Phi) is 9.20. The lowest BCUT2D eigenvalue weighted by molar-refractivity contribution is -0.137. The molecule has 0 spiro atoms. The van der Waals surface area contributed by atoms with E-state index in [4.69, 9.17) is 0 Å². The van der Waals surface area contributed by atoms with E-state index < -0.39 is 45.0 Å². The minimum atomic E-state index is -4.45. The van der Waals surface area contributed by atoms with E-state index in [0.717, 1.165) is 30.5 Å². The fourth-order valence-corrected chi connectivity index (χ4v) is 3.78. The standard InChI is InChI=1S/C23H25F5N2O3S/c1-3-5-17-14-18(23(26,27)28)9-7-16(17)8-10-21(31)29-11-4-6-15-12-19(24)22(20(25)13-15)30-34(2,32)33/h7-10,12-14,30H,3-6,11H2,1-2H3,(H,29,31). The Balaban J connectivity index is 1.93. The quantitative estimate of drug-likeness (QED) is 0.270. The van der Waals surface area contributed by atoms with E-state index in [2.05, 4.69) is 5.32 Å². The van der Waals surface area contributed by atoms with Crippen LogP contribution in [-0.2, 0) is 33.8 Å². The number of hydrogen-bond acceptors (Lipinski definition) is 3. The van der Waals surface area contributed by atoms with Crippen LogP contribution in [0.4, 0.5) is 27.6 Å². The molecule has 2 aromatic carbocycles. The van der Waals surface area contributed by atoms with Gasteiger partial charge in [0.05, 0.1) is 11.8 Å². The molecule has 186 valence electrons. The number of halogens is 5. The lowest BCUT2D eigenvalue weighted by atomic mass is 9.99. The second-order valence-electron chi connectivity index (χ2n) is 7.70. The van der Waals surface area contributed by atoms with Crippen LogP contribution in [0.2, 0.25) is 0 Å². The molecular formula is C23H25F5N2O3S. The van der Waals surface area contributed by atoms with Gasteiger partial charge in [-0.15, -0.1) is 0 Å². The molecule has 0 bridgehead atoms. The number of carbonyl (C=O) groups excluding carboxylic acids is 1. The number of amides is 1. The molecule has 0 aliphatic heterocycles. The lowest BCUT2D eigenvalue weighted by Crippen LogP contribution is -2.22. The highest BCUT2D eigenvalue weighted by Crippen LogP contribution is 2.31. The van der Waals surface area contributed by atoms with Crippen LogP contribution in [0.15, 0.2) is 36.4 Å². The van der Waals surface area contributed by atoms with Crippen molar-refractivity contribution in [1.82, 2.24) is 5.32 Å². The van der Waals surface area contributed by atoms with Crippen LogP contribution >= 0.6 is 0 Å². The highest BCUT2D eigenvalue weighted by Gasteiger charge is 2.30. The van der Waals surface area contributed by atoms with Crippen LogP contribution in [-0.4, -0.2) is 27.1 Å². The summed E-state index contributed by atoms with van der Waals surface area (Å²) in [6.45, 7) is 2.03. The fraction of sp³-hybridized carbons (Fsp3) is 0.348. The molecule has 2 rings (SSSR count). The van der Waals surface area contributed by atoms with Gasteiger partial charge in [-0.05, 0) is 66.3 Å². The van der Waals surface area contributed by atoms with Crippen molar-refractivity contribution in [2.45, 2.75) is 38.8 Å². The maximum atomic E-state index is 14.0. The Hall–Kier alpha value is -2.95. The van der Waals surface area contributed by atoms with Gasteiger partial charge in [0.25, 0.3) is 0 Å². The third kappa shape index (κ3) is 8.44. The minimum absolute atomic E-state index is 0.185. The summed E-state index contributed by atoms with van der Waals surface area (Å²) in [6.07, 6.45) is 0.621. The fourth-order valence-electron chi connectivity index (χ4n) is 3.21. The van der Waals surface area contributed by atoms with Gasteiger partial charge in [0.15, 0.2) is 11.6 Å². The van der Waals surface area contributed by atoms with Crippen molar-refractivity contribution in [1.29, 1.82) is 0 Å². The second-order valence-corrected chi connectivity index (χ2v) is 9.45. The topological polar surface area (TPSA) is 75.3 Å². The van der Waals surface area contributed by atoms with Crippen LogP contribution in [0.1, 0.15) is 42.0 Å². The Morgan fingerprint density at radius 2 is 1.71 bits per heavy atom. The largest absolute Gasteiger partial charge is 0.416 e. The van der Waals surface area contributed by atoms with Crippen molar-refractivity contribution in [3.8, 4) is 0 Å². The van der Waals surface area contributed by atoms with E-state index >= 15 is 0 Å². The number of nitrogens with one attached hydrogen (secondary N) is 2. The number of rotatable bonds is 10. The van der Waals surface area contributed by atoms with E-state index in [1.807, 2.05) is 6.92 Å². The molecule has 2 N–H and O–H groups in total. The zero-order valence-corrected chi connectivity index (χ0v) is 19.4. The average molecular weight is 505 g/mol. The first-order chi connectivity index (χ1) is 15.8. The molecule has 0 saturated carbocycles. The van der Waals surface area contributed by atoms with Crippen LogP contribution < -0.4 is 10.0 Å². The zero-order chi connectivity index (χ0) is 25.5. The molecule has 11 heteroatoms. The minimum Gasteiger partial charge on any atom is -0.353 e. The maximum Gasteiger partial charge on any atom is 0.416 e. The van der Waals surface area contributed by atoms with Crippen molar-refractivity contribution in [3.05, 3.63) is 70.3 Å². The lowest BCUT2D eigenvalue weighted by Gasteiger charge is -2.11. The molecule has 0 heterocycles. The number of sulfonamides is 1. The summed E-state index contributed by atoms with van der Waals surface area (Å²) in [7, 11) is -3.84. The molecular weight excluding hydrogens is 479 g/mol. The summed E-state index contributed by atoms with van der Waals surface area (Å²) in [5.74, 6) is -2.56. The van der Waals surface area contributed by atoms with Gasteiger partial charge in [-0.1, -0.05) is 19.4 Å². The van der Waals surface area contributed by atoms with Crippen molar-refractivity contribution >= 4 is 27.7 Å². The average Bonchev–Trinajstić information content (AvgIpc) is 2.72. The van der Waals surface area contributed by atoms with Gasteiger partial charge in [-0.2, -0.15) is 13.2 Å². The van der Waals surface area contributed by atoms with Crippen molar-refractivity contribution < 1.29 is 35.2 Å². The molecule has 1 amide bonds. The predicted molar refractivity (Wildman–Crippen MR) is 121 cm³/mol. The number of aryl methyl sites for hydroxylation is 2.